The van der Waals surface area contributed by atoms with Crippen molar-refractivity contribution in [3.8, 4) is 0 Å². The van der Waals surface area contributed by atoms with E-state index in [9.17, 15) is 4.21 Å². The van der Waals surface area contributed by atoms with Gasteiger partial charge in [-0.25, -0.2) is 4.21 Å². The van der Waals surface area contributed by atoms with E-state index in [1.54, 1.807) is 0 Å². The topological polar surface area (TPSA) is 78.6 Å². The maximum atomic E-state index is 10.6. The summed E-state index contributed by atoms with van der Waals surface area (Å²) in [6.07, 6.45) is 2.22. The zero-order valence-corrected chi connectivity index (χ0v) is 9.84. The van der Waals surface area contributed by atoms with Gasteiger partial charge in [0.05, 0.1) is 5.75 Å². The summed E-state index contributed by atoms with van der Waals surface area (Å²) in [7, 11) is 0. The maximum Gasteiger partial charge on any atom is 0.154 e. The Balaban J connectivity index is 2.36. The average molecular weight is 235 g/mol. The molecular formula is C9H21N3O2S. The van der Waals surface area contributed by atoms with Crippen LogP contribution in [0.5, 0.6) is 0 Å². The van der Waals surface area contributed by atoms with Crippen LogP contribution in [0.2, 0.25) is 0 Å². The molecule has 0 bridgehead atoms. The summed E-state index contributed by atoms with van der Waals surface area (Å²) >= 11 is -1.69. The predicted molar refractivity (Wildman–Crippen MR) is 62.2 cm³/mol. The molecule has 1 atom stereocenters. The van der Waals surface area contributed by atoms with Gasteiger partial charge in [-0.05, 0) is 25.9 Å². The van der Waals surface area contributed by atoms with Crippen LogP contribution in [0.1, 0.15) is 12.8 Å². The van der Waals surface area contributed by atoms with Crippen molar-refractivity contribution < 1.29 is 8.76 Å². The molecule has 1 unspecified atom stereocenters. The van der Waals surface area contributed by atoms with Crippen LogP contribution in [0.15, 0.2) is 0 Å². The van der Waals surface area contributed by atoms with E-state index in [4.69, 9.17) is 10.3 Å². The Kier molecular flexibility index (Phi) is 6.35. The first-order chi connectivity index (χ1) is 7.24. The van der Waals surface area contributed by atoms with Gasteiger partial charge >= 0.3 is 0 Å². The van der Waals surface area contributed by atoms with Crippen LogP contribution in [0.25, 0.3) is 0 Å². The van der Waals surface area contributed by atoms with Crippen molar-refractivity contribution in [2.24, 2.45) is 5.73 Å². The van der Waals surface area contributed by atoms with Gasteiger partial charge in [-0.2, -0.15) is 0 Å². The van der Waals surface area contributed by atoms with E-state index < -0.39 is 11.1 Å². The number of hydrogen-bond acceptors (Lipinski definition) is 4. The fourth-order valence-corrected chi connectivity index (χ4v) is 2.40. The van der Waals surface area contributed by atoms with Crippen LogP contribution in [-0.2, 0) is 11.1 Å². The monoisotopic (exact) mass is 235 g/mol. The lowest BCUT2D eigenvalue weighted by Crippen LogP contribution is -2.46. The van der Waals surface area contributed by atoms with Gasteiger partial charge in [0.2, 0.25) is 0 Å². The van der Waals surface area contributed by atoms with E-state index in [1.165, 1.54) is 0 Å². The Morgan fingerprint density at radius 3 is 2.60 bits per heavy atom. The number of nitrogens with one attached hydrogen (secondary N) is 1. The molecule has 1 heterocycles. The molecule has 1 fully saturated rings. The van der Waals surface area contributed by atoms with E-state index >= 15 is 0 Å². The summed E-state index contributed by atoms with van der Waals surface area (Å²) in [5.74, 6) is 0.323. The van der Waals surface area contributed by atoms with Crippen LogP contribution in [0, 0.1) is 0 Å². The number of piperidine rings is 1. The molecule has 1 aliphatic heterocycles. The highest BCUT2D eigenvalue weighted by Gasteiger charge is 2.20. The van der Waals surface area contributed by atoms with Crippen molar-refractivity contribution >= 4 is 11.1 Å². The standard InChI is InChI=1S/C9H21N3O2S/c10-3-6-12(7-8-15(13)14)9-1-4-11-5-2-9/h9,11H,1-8,10H2,(H,13,14). The first-order valence-electron chi connectivity index (χ1n) is 5.46. The molecule has 1 saturated heterocycles. The third kappa shape index (κ3) is 5.03. The Hall–Kier alpha value is -0.0100. The predicted octanol–water partition coefficient (Wildman–Crippen LogP) is -0.779. The molecule has 6 heteroatoms. The highest BCUT2D eigenvalue weighted by Crippen LogP contribution is 2.10. The summed E-state index contributed by atoms with van der Waals surface area (Å²) < 4.78 is 19.4. The van der Waals surface area contributed by atoms with Gasteiger partial charge in [0.15, 0.2) is 11.1 Å². The Labute approximate surface area is 93.7 Å². The number of nitrogens with zero attached hydrogens (tertiary/aromatic N) is 1. The Bertz CT molecular complexity index is 198. The number of hydrogen-bond donors (Lipinski definition) is 3. The van der Waals surface area contributed by atoms with E-state index in [0.717, 1.165) is 32.5 Å². The zero-order valence-electron chi connectivity index (χ0n) is 9.02. The van der Waals surface area contributed by atoms with Gasteiger partial charge in [-0.15, -0.1) is 0 Å². The number of rotatable bonds is 6. The molecule has 4 N–H and O–H groups in total. The second-order valence-corrected chi connectivity index (χ2v) is 4.88. The minimum Gasteiger partial charge on any atom is -0.329 e. The molecule has 0 spiro atoms. The zero-order chi connectivity index (χ0) is 11.1. The van der Waals surface area contributed by atoms with E-state index in [-0.39, 0.29) is 0 Å². The van der Waals surface area contributed by atoms with Crippen LogP contribution >= 0.6 is 0 Å². The lowest BCUT2D eigenvalue weighted by Gasteiger charge is -2.34. The van der Waals surface area contributed by atoms with Gasteiger partial charge in [-0.3, -0.25) is 4.90 Å². The van der Waals surface area contributed by atoms with Gasteiger partial charge in [0.25, 0.3) is 0 Å². The summed E-state index contributed by atoms with van der Waals surface area (Å²) in [6.45, 7) is 4.18. The molecule has 0 saturated carbocycles. The van der Waals surface area contributed by atoms with Crippen molar-refractivity contribution in [1.29, 1.82) is 0 Å². The largest absolute Gasteiger partial charge is 0.329 e. The fourth-order valence-electron chi connectivity index (χ4n) is 2.01. The van der Waals surface area contributed by atoms with Crippen molar-refractivity contribution in [2.75, 3.05) is 38.5 Å². The van der Waals surface area contributed by atoms with Crippen molar-refractivity contribution in [3.63, 3.8) is 0 Å². The molecule has 0 aromatic rings. The van der Waals surface area contributed by atoms with Gasteiger partial charge in [0, 0.05) is 25.7 Å². The van der Waals surface area contributed by atoms with Gasteiger partial charge in [-0.1, -0.05) is 0 Å². The summed E-state index contributed by atoms with van der Waals surface area (Å²) in [5.41, 5.74) is 5.55. The minimum absolute atomic E-state index is 0.323. The van der Waals surface area contributed by atoms with Crippen LogP contribution in [0.3, 0.4) is 0 Å². The van der Waals surface area contributed by atoms with Crippen molar-refractivity contribution in [2.45, 2.75) is 18.9 Å². The molecule has 1 rings (SSSR count). The highest BCUT2D eigenvalue weighted by atomic mass is 32.2. The van der Waals surface area contributed by atoms with Crippen LogP contribution < -0.4 is 11.1 Å². The molecule has 0 aromatic heterocycles. The summed E-state index contributed by atoms with van der Waals surface area (Å²) in [5, 5.41) is 3.31. The molecule has 15 heavy (non-hydrogen) atoms. The molecular weight excluding hydrogens is 214 g/mol. The molecule has 90 valence electrons. The minimum atomic E-state index is -1.69. The van der Waals surface area contributed by atoms with E-state index in [1.807, 2.05) is 0 Å². The average Bonchev–Trinajstić information content (AvgIpc) is 2.25. The molecule has 5 nitrogen and oxygen atoms in total. The molecule has 1 aliphatic rings. The second-order valence-electron chi connectivity index (χ2n) is 3.83. The first-order valence-corrected chi connectivity index (χ1v) is 6.74. The first kappa shape index (κ1) is 13.1. The maximum absolute atomic E-state index is 10.6. The van der Waals surface area contributed by atoms with E-state index in [2.05, 4.69) is 10.2 Å². The number of nitrogens with two attached hydrogens (primary N) is 1. The smallest absolute Gasteiger partial charge is 0.154 e. The third-order valence-electron chi connectivity index (χ3n) is 2.79. The SMILES string of the molecule is NCCN(CCS(=O)O)C1CCNCC1. The lowest BCUT2D eigenvalue weighted by molar-refractivity contribution is 0.175. The fraction of sp³-hybridized carbons (Fsp3) is 1.00. The summed E-state index contributed by atoms with van der Waals surface area (Å²) in [4.78, 5) is 2.24. The molecule has 0 amide bonds. The highest BCUT2D eigenvalue weighted by molar-refractivity contribution is 7.79. The van der Waals surface area contributed by atoms with Crippen molar-refractivity contribution in [3.05, 3.63) is 0 Å². The molecule has 0 aliphatic carbocycles. The normalized spacial score (nSPS) is 20.7. The Morgan fingerprint density at radius 1 is 1.40 bits per heavy atom. The third-order valence-corrected chi connectivity index (χ3v) is 3.33. The van der Waals surface area contributed by atoms with Gasteiger partial charge < -0.3 is 15.6 Å². The lowest BCUT2D eigenvalue weighted by atomic mass is 10.1. The van der Waals surface area contributed by atoms with E-state index in [0.29, 0.717) is 24.9 Å². The molecule has 0 radical (unpaired) electrons. The molecule has 0 aromatic carbocycles. The van der Waals surface area contributed by atoms with Crippen molar-refractivity contribution in [1.82, 2.24) is 10.2 Å². The Morgan fingerprint density at radius 2 is 2.07 bits per heavy atom. The van der Waals surface area contributed by atoms with Crippen LogP contribution in [0.4, 0.5) is 0 Å². The summed E-state index contributed by atoms with van der Waals surface area (Å²) in [6, 6.07) is 0.526. The second kappa shape index (κ2) is 7.29. The van der Waals surface area contributed by atoms with Gasteiger partial charge in [0.1, 0.15) is 0 Å². The van der Waals surface area contributed by atoms with Crippen LogP contribution in [-0.4, -0.2) is 58.2 Å². The quantitative estimate of drug-likeness (QED) is 0.526.